The quantitative estimate of drug-likeness (QED) is 0.637. The molecule has 1 aromatic heterocycles. The standard InChI is InChI=1S/C10H12O2/c1-4-5-9-6-7(2)8(3)10(11)12-9/h4-6H,1-3H3/b5-4+. The number of aryl methyl sites for hydroxylation is 1. The van der Waals surface area contributed by atoms with Gasteiger partial charge in [-0.15, -0.1) is 0 Å². The highest BCUT2D eigenvalue weighted by Gasteiger charge is 2.00. The summed E-state index contributed by atoms with van der Waals surface area (Å²) in [6.45, 7) is 5.55. The lowest BCUT2D eigenvalue weighted by atomic mass is 10.2. The van der Waals surface area contributed by atoms with Crippen LogP contribution in [0.15, 0.2) is 21.4 Å². The molecule has 64 valence electrons. The lowest BCUT2D eigenvalue weighted by Crippen LogP contribution is -2.05. The van der Waals surface area contributed by atoms with Crippen LogP contribution in [-0.2, 0) is 0 Å². The maximum Gasteiger partial charge on any atom is 0.339 e. The van der Waals surface area contributed by atoms with Crippen LogP contribution in [0.25, 0.3) is 6.08 Å². The van der Waals surface area contributed by atoms with Gasteiger partial charge in [0.25, 0.3) is 0 Å². The van der Waals surface area contributed by atoms with Gasteiger partial charge in [-0.25, -0.2) is 4.79 Å². The van der Waals surface area contributed by atoms with Gasteiger partial charge in [-0.3, -0.25) is 0 Å². The van der Waals surface area contributed by atoms with Gasteiger partial charge in [0.05, 0.1) is 0 Å². The molecule has 0 radical (unpaired) electrons. The second-order valence-corrected chi connectivity index (χ2v) is 2.74. The van der Waals surface area contributed by atoms with Crippen molar-refractivity contribution in [2.45, 2.75) is 20.8 Å². The molecule has 0 saturated carbocycles. The summed E-state index contributed by atoms with van der Waals surface area (Å²) in [6.07, 6.45) is 3.61. The van der Waals surface area contributed by atoms with Gasteiger partial charge < -0.3 is 4.42 Å². The van der Waals surface area contributed by atoms with Crippen molar-refractivity contribution in [2.24, 2.45) is 0 Å². The van der Waals surface area contributed by atoms with Gasteiger partial charge in [-0.2, -0.15) is 0 Å². The Morgan fingerprint density at radius 1 is 1.42 bits per heavy atom. The van der Waals surface area contributed by atoms with E-state index in [1.165, 1.54) is 0 Å². The first-order valence-electron chi connectivity index (χ1n) is 3.89. The summed E-state index contributed by atoms with van der Waals surface area (Å²) < 4.78 is 4.99. The summed E-state index contributed by atoms with van der Waals surface area (Å²) in [5.41, 5.74) is 1.41. The molecule has 0 aliphatic rings. The van der Waals surface area contributed by atoms with Crippen LogP contribution in [0.3, 0.4) is 0 Å². The van der Waals surface area contributed by atoms with Gasteiger partial charge in [0.15, 0.2) is 0 Å². The Hall–Kier alpha value is -1.31. The first-order chi connectivity index (χ1) is 5.65. The molecule has 0 N–H and O–H groups in total. The van der Waals surface area contributed by atoms with Crippen molar-refractivity contribution in [3.8, 4) is 0 Å². The second-order valence-electron chi connectivity index (χ2n) is 2.74. The molecular formula is C10H12O2. The summed E-state index contributed by atoms with van der Waals surface area (Å²) >= 11 is 0. The fraction of sp³-hybridized carbons (Fsp3) is 0.300. The molecule has 0 fully saturated rings. The third-order valence-corrected chi connectivity index (χ3v) is 1.80. The zero-order chi connectivity index (χ0) is 9.14. The first kappa shape index (κ1) is 8.78. The van der Waals surface area contributed by atoms with E-state index in [1.807, 2.05) is 26.0 Å². The van der Waals surface area contributed by atoms with Gasteiger partial charge in [-0.05, 0) is 38.5 Å². The highest BCUT2D eigenvalue weighted by Crippen LogP contribution is 2.06. The maximum absolute atomic E-state index is 11.1. The van der Waals surface area contributed by atoms with E-state index in [2.05, 4.69) is 0 Å². The lowest BCUT2D eigenvalue weighted by molar-refractivity contribution is 0.494. The molecule has 0 aliphatic carbocycles. The molecule has 1 rings (SSSR count). The summed E-state index contributed by atoms with van der Waals surface area (Å²) in [7, 11) is 0. The summed E-state index contributed by atoms with van der Waals surface area (Å²) in [4.78, 5) is 11.1. The largest absolute Gasteiger partial charge is 0.423 e. The van der Waals surface area contributed by atoms with Gasteiger partial charge in [0.2, 0.25) is 0 Å². The molecule has 0 unspecified atom stereocenters. The van der Waals surface area contributed by atoms with Crippen molar-refractivity contribution in [2.75, 3.05) is 0 Å². The zero-order valence-electron chi connectivity index (χ0n) is 7.55. The summed E-state index contributed by atoms with van der Waals surface area (Å²) in [5, 5.41) is 0. The number of hydrogen-bond donors (Lipinski definition) is 0. The molecule has 0 amide bonds. The Morgan fingerprint density at radius 3 is 2.58 bits per heavy atom. The summed E-state index contributed by atoms with van der Waals surface area (Å²) in [5.74, 6) is 0.616. The minimum atomic E-state index is -0.247. The van der Waals surface area contributed by atoms with Crippen LogP contribution >= 0.6 is 0 Å². The minimum Gasteiger partial charge on any atom is -0.423 e. The minimum absolute atomic E-state index is 0.247. The van der Waals surface area contributed by atoms with Crippen LogP contribution in [0.4, 0.5) is 0 Å². The first-order valence-corrected chi connectivity index (χ1v) is 3.89. The van der Waals surface area contributed by atoms with E-state index in [-0.39, 0.29) is 5.63 Å². The van der Waals surface area contributed by atoms with Crippen LogP contribution < -0.4 is 5.63 Å². The molecule has 12 heavy (non-hydrogen) atoms. The molecular weight excluding hydrogens is 152 g/mol. The van der Waals surface area contributed by atoms with Crippen molar-refractivity contribution in [3.63, 3.8) is 0 Å². The number of rotatable bonds is 1. The topological polar surface area (TPSA) is 30.2 Å². The molecule has 2 nitrogen and oxygen atoms in total. The molecule has 0 atom stereocenters. The third-order valence-electron chi connectivity index (χ3n) is 1.80. The van der Waals surface area contributed by atoms with E-state index in [9.17, 15) is 4.79 Å². The molecule has 0 aromatic carbocycles. The fourth-order valence-corrected chi connectivity index (χ4v) is 0.942. The average molecular weight is 164 g/mol. The van der Waals surface area contributed by atoms with Crippen LogP contribution in [0.2, 0.25) is 0 Å². The van der Waals surface area contributed by atoms with E-state index in [0.717, 1.165) is 5.56 Å². The van der Waals surface area contributed by atoms with Crippen LogP contribution in [-0.4, -0.2) is 0 Å². The second kappa shape index (κ2) is 3.39. The molecule has 0 saturated heterocycles. The van der Waals surface area contributed by atoms with E-state index < -0.39 is 0 Å². The SMILES string of the molecule is C/C=C/c1cc(C)c(C)c(=O)o1. The lowest BCUT2D eigenvalue weighted by Gasteiger charge is -1.97. The Kier molecular flexibility index (Phi) is 2.48. The molecule has 1 heterocycles. The monoisotopic (exact) mass is 164 g/mol. The smallest absolute Gasteiger partial charge is 0.339 e. The highest BCUT2D eigenvalue weighted by atomic mass is 16.4. The Morgan fingerprint density at radius 2 is 2.08 bits per heavy atom. The summed E-state index contributed by atoms with van der Waals surface area (Å²) in [6, 6.07) is 1.86. The predicted octanol–water partition coefficient (Wildman–Crippen LogP) is 2.29. The van der Waals surface area contributed by atoms with E-state index >= 15 is 0 Å². The van der Waals surface area contributed by atoms with Crippen molar-refractivity contribution >= 4 is 6.08 Å². The Labute approximate surface area is 71.5 Å². The predicted molar refractivity (Wildman–Crippen MR) is 49.2 cm³/mol. The molecule has 0 spiro atoms. The van der Waals surface area contributed by atoms with Crippen LogP contribution in [0.5, 0.6) is 0 Å². The molecule has 2 heteroatoms. The maximum atomic E-state index is 11.1. The van der Waals surface area contributed by atoms with E-state index in [4.69, 9.17) is 4.42 Å². The van der Waals surface area contributed by atoms with Gasteiger partial charge in [0.1, 0.15) is 5.76 Å². The van der Waals surface area contributed by atoms with Crippen molar-refractivity contribution in [1.29, 1.82) is 0 Å². The number of allylic oxidation sites excluding steroid dienone is 1. The Bertz CT molecular complexity index is 359. The molecule has 0 aliphatic heterocycles. The van der Waals surface area contributed by atoms with E-state index in [1.54, 1.807) is 13.0 Å². The van der Waals surface area contributed by atoms with Crippen LogP contribution in [0.1, 0.15) is 23.8 Å². The van der Waals surface area contributed by atoms with Gasteiger partial charge >= 0.3 is 5.63 Å². The highest BCUT2D eigenvalue weighted by molar-refractivity contribution is 5.43. The van der Waals surface area contributed by atoms with E-state index in [0.29, 0.717) is 11.3 Å². The molecule has 0 bridgehead atoms. The average Bonchev–Trinajstić information content (AvgIpc) is 2.01. The van der Waals surface area contributed by atoms with Crippen molar-refractivity contribution in [3.05, 3.63) is 39.4 Å². The van der Waals surface area contributed by atoms with Crippen LogP contribution in [0, 0.1) is 13.8 Å². The fourth-order valence-electron chi connectivity index (χ4n) is 0.942. The van der Waals surface area contributed by atoms with Crippen molar-refractivity contribution in [1.82, 2.24) is 0 Å². The van der Waals surface area contributed by atoms with Crippen molar-refractivity contribution < 1.29 is 4.42 Å². The zero-order valence-corrected chi connectivity index (χ0v) is 7.55. The van der Waals surface area contributed by atoms with Gasteiger partial charge in [-0.1, -0.05) is 6.08 Å². The Balaban J connectivity index is 3.31. The molecule has 1 aromatic rings. The normalized spacial score (nSPS) is 10.9. The van der Waals surface area contributed by atoms with Gasteiger partial charge in [0, 0.05) is 5.56 Å². The third kappa shape index (κ3) is 1.64. The number of hydrogen-bond acceptors (Lipinski definition) is 2.